The molecule has 2 N–H and O–H groups in total. The van der Waals surface area contributed by atoms with Crippen molar-refractivity contribution in [1.29, 1.82) is 0 Å². The second-order valence-corrected chi connectivity index (χ2v) is 8.53. The number of carbonyl (C=O) groups excluding carboxylic acids is 1. The minimum Gasteiger partial charge on any atom is -0.433 e. The molecule has 0 unspecified atom stereocenters. The number of fused-ring (bicyclic) bond motifs is 1. The van der Waals surface area contributed by atoms with Gasteiger partial charge in [0.15, 0.2) is 17.4 Å². The van der Waals surface area contributed by atoms with Gasteiger partial charge in [0.25, 0.3) is 11.8 Å². The van der Waals surface area contributed by atoms with Crippen molar-refractivity contribution < 1.29 is 18.3 Å². The smallest absolute Gasteiger partial charge is 0.261 e. The summed E-state index contributed by atoms with van der Waals surface area (Å²) < 4.78 is 35.4. The first-order valence-electron chi connectivity index (χ1n) is 11.2. The number of nitrogens with zero attached hydrogens (tertiary/aromatic N) is 4. The molecule has 2 aromatic heterocycles. The molecule has 180 valence electrons. The minimum atomic E-state index is -0.866. The number of carbonyl (C=O) groups is 1. The zero-order valence-corrected chi connectivity index (χ0v) is 19.3. The lowest BCUT2D eigenvalue weighted by Crippen LogP contribution is -2.47. The number of hydrogen-bond acceptors (Lipinski definition) is 6. The molecule has 0 bridgehead atoms. The molecule has 0 aliphatic carbocycles. The van der Waals surface area contributed by atoms with E-state index in [4.69, 9.17) is 4.74 Å². The lowest BCUT2D eigenvalue weighted by molar-refractivity contribution is 0.0664. The average molecular weight is 479 g/mol. The van der Waals surface area contributed by atoms with Crippen LogP contribution in [0.15, 0.2) is 48.8 Å². The van der Waals surface area contributed by atoms with Gasteiger partial charge in [-0.1, -0.05) is 0 Å². The highest BCUT2D eigenvalue weighted by atomic mass is 19.1. The second kappa shape index (κ2) is 9.30. The highest BCUT2D eigenvalue weighted by Crippen LogP contribution is 2.32. The Balaban J connectivity index is 1.31. The van der Waals surface area contributed by atoms with E-state index in [1.54, 1.807) is 36.4 Å². The van der Waals surface area contributed by atoms with E-state index in [0.717, 1.165) is 25.1 Å². The van der Waals surface area contributed by atoms with Crippen molar-refractivity contribution in [3.63, 3.8) is 0 Å². The summed E-state index contributed by atoms with van der Waals surface area (Å²) in [4.78, 5) is 27.5. The first-order chi connectivity index (χ1) is 16.9. The molecule has 1 amide bonds. The van der Waals surface area contributed by atoms with E-state index < -0.39 is 17.5 Å². The molecule has 5 rings (SSSR count). The third kappa shape index (κ3) is 4.65. The normalized spacial score (nSPS) is 14.3. The molecule has 1 aliphatic rings. The first-order valence-corrected chi connectivity index (χ1v) is 11.2. The molecule has 3 heterocycles. The largest absolute Gasteiger partial charge is 0.433 e. The van der Waals surface area contributed by atoms with Crippen LogP contribution in [0.25, 0.3) is 10.9 Å². The Kier molecular flexibility index (Phi) is 6.04. The van der Waals surface area contributed by atoms with Gasteiger partial charge in [-0.2, -0.15) is 9.37 Å². The molecular formula is C25H24F2N6O2. The predicted octanol–water partition coefficient (Wildman–Crippen LogP) is 4.47. The summed E-state index contributed by atoms with van der Waals surface area (Å²) in [6.07, 6.45) is 1.13. The Morgan fingerprint density at radius 2 is 1.77 bits per heavy atom. The molecule has 2 aromatic carbocycles. The molecule has 10 heteroatoms. The van der Waals surface area contributed by atoms with E-state index >= 15 is 4.39 Å². The van der Waals surface area contributed by atoms with Crippen LogP contribution >= 0.6 is 0 Å². The standard InChI is InChI=1S/C25H24F2N6O2/c1-15-13-18-19(30-15)7-8-20(21(18)26)35-24-22(27)23(28-14-29-24)31-17-5-3-16(4-6-17)25(34)33-11-9-32(2)10-12-33/h3-8,13-14,30H,9-12H2,1-2H3,(H,28,29,31). The van der Waals surface area contributed by atoms with Crippen LogP contribution < -0.4 is 10.1 Å². The lowest BCUT2D eigenvalue weighted by Gasteiger charge is -2.32. The number of ether oxygens (including phenoxy) is 1. The minimum absolute atomic E-state index is 0.0369. The van der Waals surface area contributed by atoms with Crippen LogP contribution in [-0.4, -0.2) is 63.9 Å². The summed E-state index contributed by atoms with van der Waals surface area (Å²) in [5, 5.41) is 3.21. The number of aromatic amines is 1. The maximum Gasteiger partial charge on any atom is 0.261 e. The van der Waals surface area contributed by atoms with Crippen molar-refractivity contribution in [2.24, 2.45) is 0 Å². The number of halogens is 2. The molecule has 8 nitrogen and oxygen atoms in total. The molecule has 1 aliphatic heterocycles. The summed E-state index contributed by atoms with van der Waals surface area (Å²) in [6, 6.07) is 11.4. The van der Waals surface area contributed by atoms with Crippen LogP contribution in [0.3, 0.4) is 0 Å². The van der Waals surface area contributed by atoms with Gasteiger partial charge in [-0.15, -0.1) is 0 Å². The van der Waals surface area contributed by atoms with Gasteiger partial charge in [0.05, 0.1) is 0 Å². The molecule has 0 radical (unpaired) electrons. The number of piperazine rings is 1. The molecule has 0 saturated carbocycles. The maximum atomic E-state index is 15.1. The van der Waals surface area contributed by atoms with Crippen molar-refractivity contribution in [1.82, 2.24) is 24.8 Å². The van der Waals surface area contributed by atoms with Crippen molar-refractivity contribution in [3.8, 4) is 11.6 Å². The van der Waals surface area contributed by atoms with Gasteiger partial charge < -0.3 is 24.8 Å². The highest BCUT2D eigenvalue weighted by Gasteiger charge is 2.21. The van der Waals surface area contributed by atoms with Gasteiger partial charge in [0.1, 0.15) is 6.33 Å². The molecule has 0 atom stereocenters. The van der Waals surface area contributed by atoms with E-state index in [1.807, 2.05) is 18.9 Å². The number of rotatable bonds is 5. The SMILES string of the molecule is Cc1cc2c(F)c(Oc3ncnc(Nc4ccc(C(=O)N5CCN(C)CC5)cc4)c3F)ccc2[nH]1. The fourth-order valence-electron chi connectivity index (χ4n) is 4.01. The number of hydrogen-bond donors (Lipinski definition) is 2. The van der Waals surface area contributed by atoms with Crippen LogP contribution in [0.5, 0.6) is 11.6 Å². The lowest BCUT2D eigenvalue weighted by atomic mass is 10.1. The fourth-order valence-corrected chi connectivity index (χ4v) is 4.01. The Morgan fingerprint density at radius 3 is 2.51 bits per heavy atom. The first kappa shape index (κ1) is 22.7. The predicted molar refractivity (Wildman–Crippen MR) is 128 cm³/mol. The van der Waals surface area contributed by atoms with Gasteiger partial charge in [-0.25, -0.2) is 9.37 Å². The number of nitrogens with one attached hydrogen (secondary N) is 2. The van der Waals surface area contributed by atoms with E-state index in [1.165, 1.54) is 6.07 Å². The van der Waals surface area contributed by atoms with Gasteiger partial charge in [-0.05, 0) is 56.4 Å². The number of aromatic nitrogens is 3. The Morgan fingerprint density at radius 1 is 1.03 bits per heavy atom. The number of amides is 1. The third-order valence-electron chi connectivity index (χ3n) is 5.99. The van der Waals surface area contributed by atoms with E-state index in [9.17, 15) is 9.18 Å². The van der Waals surface area contributed by atoms with Crippen LogP contribution in [0.2, 0.25) is 0 Å². The van der Waals surface area contributed by atoms with Crippen molar-refractivity contribution in [3.05, 3.63) is 71.7 Å². The summed E-state index contributed by atoms with van der Waals surface area (Å²) in [5.74, 6) is -2.20. The van der Waals surface area contributed by atoms with E-state index in [0.29, 0.717) is 35.2 Å². The molecule has 4 aromatic rings. The van der Waals surface area contributed by atoms with Crippen molar-refractivity contribution in [2.75, 3.05) is 38.5 Å². The number of likely N-dealkylation sites (N-methyl/N-ethyl adjacent to an activating group) is 1. The summed E-state index contributed by atoms with van der Waals surface area (Å²) in [7, 11) is 2.03. The summed E-state index contributed by atoms with van der Waals surface area (Å²) in [5.41, 5.74) is 2.50. The summed E-state index contributed by atoms with van der Waals surface area (Å²) in [6.45, 7) is 4.86. The monoisotopic (exact) mass is 478 g/mol. The van der Waals surface area contributed by atoms with Gasteiger partial charge in [0, 0.05) is 54.0 Å². The molecular weight excluding hydrogens is 454 g/mol. The Hall–Kier alpha value is -4.05. The van der Waals surface area contributed by atoms with Crippen LogP contribution in [0.1, 0.15) is 16.1 Å². The average Bonchev–Trinajstić information content (AvgIpc) is 3.25. The van der Waals surface area contributed by atoms with Gasteiger partial charge in [-0.3, -0.25) is 4.79 Å². The number of H-pyrrole nitrogens is 1. The molecule has 1 fully saturated rings. The van der Waals surface area contributed by atoms with Crippen LogP contribution in [0, 0.1) is 18.6 Å². The number of benzene rings is 2. The van der Waals surface area contributed by atoms with Gasteiger partial charge >= 0.3 is 0 Å². The number of aryl methyl sites for hydroxylation is 1. The maximum absolute atomic E-state index is 15.1. The van der Waals surface area contributed by atoms with Gasteiger partial charge in [0.2, 0.25) is 5.82 Å². The zero-order chi connectivity index (χ0) is 24.5. The Labute approximate surface area is 200 Å². The highest BCUT2D eigenvalue weighted by molar-refractivity contribution is 5.94. The Bertz CT molecular complexity index is 1380. The molecule has 1 saturated heterocycles. The van der Waals surface area contributed by atoms with Crippen LogP contribution in [-0.2, 0) is 0 Å². The van der Waals surface area contributed by atoms with E-state index in [2.05, 4.69) is 25.2 Å². The molecule has 35 heavy (non-hydrogen) atoms. The van der Waals surface area contributed by atoms with E-state index in [-0.39, 0.29) is 17.5 Å². The van der Waals surface area contributed by atoms with Crippen LogP contribution in [0.4, 0.5) is 20.3 Å². The second-order valence-electron chi connectivity index (χ2n) is 8.53. The van der Waals surface area contributed by atoms with Crippen molar-refractivity contribution in [2.45, 2.75) is 6.92 Å². The summed E-state index contributed by atoms with van der Waals surface area (Å²) >= 11 is 0. The van der Waals surface area contributed by atoms with Crippen molar-refractivity contribution >= 4 is 28.3 Å². The number of anilines is 2. The molecule has 0 spiro atoms. The zero-order valence-electron chi connectivity index (χ0n) is 19.3. The quantitative estimate of drug-likeness (QED) is 0.440. The fraction of sp³-hybridized carbons (Fsp3) is 0.240. The third-order valence-corrected chi connectivity index (χ3v) is 5.99. The topological polar surface area (TPSA) is 86.4 Å².